The topological polar surface area (TPSA) is 78.3 Å². The Morgan fingerprint density at radius 3 is 2.52 bits per heavy atom. The van der Waals surface area contributed by atoms with Crippen molar-refractivity contribution in [1.82, 2.24) is 14.8 Å². The lowest BCUT2D eigenvalue weighted by molar-refractivity contribution is 0.101. The number of methoxy groups -OCH3 is 2. The van der Waals surface area contributed by atoms with Crippen molar-refractivity contribution in [3.8, 4) is 22.8 Å². The molecule has 7 nitrogen and oxygen atoms in total. The lowest BCUT2D eigenvalue weighted by Crippen LogP contribution is -2.15. The number of rotatable bonds is 5. The van der Waals surface area contributed by atoms with Gasteiger partial charge in [0.1, 0.15) is 17.2 Å². The molecule has 1 amide bonds. The number of carbonyl (C=O) groups is 1. The Hall–Kier alpha value is -3.35. The molecular formula is C18H18N4O3. The predicted octanol–water partition coefficient (Wildman–Crippen LogP) is 2.75. The van der Waals surface area contributed by atoms with Crippen LogP contribution in [-0.4, -0.2) is 34.9 Å². The van der Waals surface area contributed by atoms with Crippen LogP contribution in [0, 0.1) is 0 Å². The van der Waals surface area contributed by atoms with E-state index < -0.39 is 0 Å². The molecule has 0 aliphatic carbocycles. The van der Waals surface area contributed by atoms with Gasteiger partial charge in [-0.15, -0.1) is 0 Å². The fourth-order valence-electron chi connectivity index (χ4n) is 2.45. The first kappa shape index (κ1) is 16.5. The van der Waals surface area contributed by atoms with Crippen molar-refractivity contribution in [2.45, 2.75) is 0 Å². The largest absolute Gasteiger partial charge is 0.497 e. The van der Waals surface area contributed by atoms with Crippen molar-refractivity contribution in [3.05, 3.63) is 54.5 Å². The molecule has 0 fully saturated rings. The van der Waals surface area contributed by atoms with Crippen molar-refractivity contribution >= 4 is 11.6 Å². The van der Waals surface area contributed by atoms with E-state index in [9.17, 15) is 4.79 Å². The van der Waals surface area contributed by atoms with Gasteiger partial charge >= 0.3 is 0 Å². The van der Waals surface area contributed by atoms with Crippen molar-refractivity contribution < 1.29 is 14.3 Å². The third kappa shape index (κ3) is 3.45. The first-order valence-electron chi connectivity index (χ1n) is 7.60. The third-order valence-electron chi connectivity index (χ3n) is 3.74. The minimum absolute atomic E-state index is 0.250. The molecule has 1 N–H and O–H groups in total. The summed E-state index contributed by atoms with van der Waals surface area (Å²) >= 11 is 0. The Bertz CT molecular complexity index is 891. The van der Waals surface area contributed by atoms with Crippen LogP contribution < -0.4 is 14.8 Å². The summed E-state index contributed by atoms with van der Waals surface area (Å²) in [5.74, 6) is 1.06. The number of nitrogens with zero attached hydrogens (tertiary/aromatic N) is 3. The molecular weight excluding hydrogens is 320 g/mol. The quantitative estimate of drug-likeness (QED) is 0.774. The summed E-state index contributed by atoms with van der Waals surface area (Å²) in [6.45, 7) is 0. The molecule has 0 bridgehead atoms. The number of amides is 1. The van der Waals surface area contributed by atoms with Crippen LogP contribution in [0.15, 0.2) is 48.8 Å². The molecule has 3 rings (SSSR count). The summed E-state index contributed by atoms with van der Waals surface area (Å²) in [5.41, 5.74) is 2.53. The number of anilines is 1. The summed E-state index contributed by atoms with van der Waals surface area (Å²) in [6, 6.07) is 10.6. The Balaban J connectivity index is 1.91. The molecule has 0 saturated heterocycles. The van der Waals surface area contributed by atoms with Gasteiger partial charge in [0.15, 0.2) is 0 Å². The van der Waals surface area contributed by atoms with E-state index in [1.54, 1.807) is 57.9 Å². The van der Waals surface area contributed by atoms with Crippen molar-refractivity contribution in [2.75, 3.05) is 19.5 Å². The highest BCUT2D eigenvalue weighted by Gasteiger charge is 2.17. The molecule has 2 aromatic heterocycles. The van der Waals surface area contributed by atoms with Crippen molar-refractivity contribution in [1.29, 1.82) is 0 Å². The van der Waals surface area contributed by atoms with E-state index in [1.165, 1.54) is 4.68 Å². The number of aromatic nitrogens is 3. The van der Waals surface area contributed by atoms with Crippen LogP contribution >= 0.6 is 0 Å². The van der Waals surface area contributed by atoms with E-state index >= 15 is 0 Å². The summed E-state index contributed by atoms with van der Waals surface area (Å²) in [7, 11) is 4.90. The summed E-state index contributed by atoms with van der Waals surface area (Å²) in [6.07, 6.45) is 3.24. The number of hydrogen-bond donors (Lipinski definition) is 1. The zero-order valence-corrected chi connectivity index (χ0v) is 14.2. The maximum absolute atomic E-state index is 12.5. The molecule has 0 radical (unpaired) electrons. The molecule has 2 heterocycles. The fourth-order valence-corrected chi connectivity index (χ4v) is 2.45. The highest BCUT2D eigenvalue weighted by molar-refractivity contribution is 6.03. The number of ether oxygens (including phenoxy) is 2. The second-order valence-electron chi connectivity index (χ2n) is 5.29. The van der Waals surface area contributed by atoms with Gasteiger partial charge in [-0.1, -0.05) is 0 Å². The van der Waals surface area contributed by atoms with Gasteiger partial charge in [-0.2, -0.15) is 5.10 Å². The Morgan fingerprint density at radius 1 is 1.08 bits per heavy atom. The molecule has 25 heavy (non-hydrogen) atoms. The monoisotopic (exact) mass is 338 g/mol. The third-order valence-corrected chi connectivity index (χ3v) is 3.74. The second-order valence-corrected chi connectivity index (χ2v) is 5.29. The fraction of sp³-hybridized carbons (Fsp3) is 0.167. The normalized spacial score (nSPS) is 10.4. The van der Waals surface area contributed by atoms with Crippen LogP contribution in [0.5, 0.6) is 11.5 Å². The molecule has 0 spiro atoms. The van der Waals surface area contributed by atoms with Crippen LogP contribution in [0.4, 0.5) is 5.69 Å². The second kappa shape index (κ2) is 7.04. The SMILES string of the molecule is COc1ccc(-c2cc(C(=O)Nc3ccncc3)n(C)n2)c(OC)c1. The van der Waals surface area contributed by atoms with Crippen molar-refractivity contribution in [2.24, 2.45) is 7.05 Å². The maximum atomic E-state index is 12.5. The first-order chi connectivity index (χ1) is 12.1. The number of carbonyl (C=O) groups excluding carboxylic acids is 1. The van der Waals surface area contributed by atoms with Gasteiger partial charge < -0.3 is 14.8 Å². The van der Waals surface area contributed by atoms with Gasteiger partial charge in [-0.25, -0.2) is 0 Å². The van der Waals surface area contributed by atoms with E-state index in [-0.39, 0.29) is 5.91 Å². The Kier molecular flexibility index (Phi) is 4.65. The summed E-state index contributed by atoms with van der Waals surface area (Å²) in [5, 5.41) is 7.25. The molecule has 1 aromatic carbocycles. The van der Waals surface area contributed by atoms with Crippen LogP contribution in [0.1, 0.15) is 10.5 Å². The number of hydrogen-bond acceptors (Lipinski definition) is 5. The zero-order chi connectivity index (χ0) is 17.8. The molecule has 0 atom stereocenters. The molecule has 128 valence electrons. The van der Waals surface area contributed by atoms with E-state index in [1.807, 2.05) is 12.1 Å². The zero-order valence-electron chi connectivity index (χ0n) is 14.2. The van der Waals surface area contributed by atoms with Gasteiger partial charge in [0.05, 0.1) is 19.9 Å². The number of benzene rings is 1. The Labute approximate surface area is 145 Å². The molecule has 0 aliphatic heterocycles. The summed E-state index contributed by atoms with van der Waals surface area (Å²) in [4.78, 5) is 16.4. The van der Waals surface area contributed by atoms with Gasteiger partial charge in [0.25, 0.3) is 5.91 Å². The van der Waals surface area contributed by atoms with E-state index in [4.69, 9.17) is 9.47 Å². The molecule has 0 unspecified atom stereocenters. The highest BCUT2D eigenvalue weighted by atomic mass is 16.5. The molecule has 0 aliphatic rings. The minimum atomic E-state index is -0.250. The number of nitrogens with one attached hydrogen (secondary N) is 1. The average Bonchev–Trinajstić information content (AvgIpc) is 3.03. The average molecular weight is 338 g/mol. The van der Waals surface area contributed by atoms with Crippen LogP contribution in [-0.2, 0) is 7.05 Å². The van der Waals surface area contributed by atoms with E-state index in [0.29, 0.717) is 28.6 Å². The number of aryl methyl sites for hydroxylation is 1. The lowest BCUT2D eigenvalue weighted by Gasteiger charge is -2.08. The minimum Gasteiger partial charge on any atom is -0.497 e. The van der Waals surface area contributed by atoms with Gasteiger partial charge in [-0.3, -0.25) is 14.5 Å². The predicted molar refractivity (Wildman–Crippen MR) is 93.9 cm³/mol. The molecule has 0 saturated carbocycles. The van der Waals surface area contributed by atoms with E-state index in [2.05, 4.69) is 15.4 Å². The van der Waals surface area contributed by atoms with Crippen molar-refractivity contribution in [3.63, 3.8) is 0 Å². The maximum Gasteiger partial charge on any atom is 0.273 e. The highest BCUT2D eigenvalue weighted by Crippen LogP contribution is 2.32. The summed E-state index contributed by atoms with van der Waals surface area (Å²) < 4.78 is 12.2. The standard InChI is InChI=1S/C18H18N4O3/c1-22-16(18(23)20-12-6-8-19-9-7-12)11-15(21-22)14-5-4-13(24-2)10-17(14)25-3/h4-11H,1-3H3,(H,19,20,23). The Morgan fingerprint density at radius 2 is 1.84 bits per heavy atom. The first-order valence-corrected chi connectivity index (χ1v) is 7.60. The van der Waals surface area contributed by atoms with E-state index in [0.717, 1.165) is 5.56 Å². The molecule has 3 aromatic rings. The lowest BCUT2D eigenvalue weighted by atomic mass is 10.1. The van der Waals surface area contributed by atoms with Gasteiger partial charge in [0, 0.05) is 36.8 Å². The smallest absolute Gasteiger partial charge is 0.273 e. The number of pyridine rings is 1. The van der Waals surface area contributed by atoms with Gasteiger partial charge in [0.2, 0.25) is 0 Å². The van der Waals surface area contributed by atoms with Crippen LogP contribution in [0.2, 0.25) is 0 Å². The van der Waals surface area contributed by atoms with Crippen LogP contribution in [0.25, 0.3) is 11.3 Å². The van der Waals surface area contributed by atoms with Gasteiger partial charge in [-0.05, 0) is 30.3 Å². The van der Waals surface area contributed by atoms with Crippen LogP contribution in [0.3, 0.4) is 0 Å². The molecule has 7 heteroatoms.